The van der Waals surface area contributed by atoms with Crippen molar-refractivity contribution in [3.05, 3.63) is 124 Å². The van der Waals surface area contributed by atoms with Gasteiger partial charge in [-0.1, -0.05) is 92.2 Å². The molecule has 0 bridgehead atoms. The minimum absolute atomic E-state index is 0.144. The summed E-state index contributed by atoms with van der Waals surface area (Å²) in [4.78, 5) is 13.7. The Labute approximate surface area is 256 Å². The highest BCUT2D eigenvalue weighted by Crippen LogP contribution is 2.38. The third-order valence-corrected chi connectivity index (χ3v) is 8.59. The maximum absolute atomic E-state index is 11.3. The average Bonchev–Trinajstić information content (AvgIpc) is 3.19. The molecule has 0 fully saturated rings. The van der Waals surface area contributed by atoms with Crippen LogP contribution < -0.4 is 4.74 Å². The number of fused-ring (bicyclic) bond motifs is 2. The molecule has 224 valence electrons. The molecule has 1 aliphatic rings. The number of aliphatic carboxylic acids is 1. The van der Waals surface area contributed by atoms with Crippen LogP contribution in [0.4, 0.5) is 0 Å². The second-order valence-corrected chi connectivity index (χ2v) is 11.6. The van der Waals surface area contributed by atoms with E-state index in [1.165, 1.54) is 58.9 Å². The van der Waals surface area contributed by atoms with Crippen LogP contribution in [0.25, 0.3) is 11.1 Å². The highest BCUT2D eigenvalue weighted by molar-refractivity contribution is 5.72. The number of rotatable bonds is 13. The van der Waals surface area contributed by atoms with Gasteiger partial charge in [-0.25, -0.2) is 4.79 Å². The first-order valence-electron chi connectivity index (χ1n) is 15.4. The lowest BCUT2D eigenvalue weighted by atomic mass is 9.90. The topological polar surface area (TPSA) is 59.0 Å². The number of ether oxygens (including phenoxy) is 2. The van der Waals surface area contributed by atoms with Gasteiger partial charge in [0.2, 0.25) is 0 Å². The molecular formula is C38H43NO4. The Hall–Kier alpha value is -3.93. The highest BCUT2D eigenvalue weighted by Gasteiger charge is 2.27. The van der Waals surface area contributed by atoms with Gasteiger partial charge in [0.25, 0.3) is 0 Å². The molecule has 1 aliphatic carbocycles. The maximum atomic E-state index is 11.3. The van der Waals surface area contributed by atoms with E-state index >= 15 is 0 Å². The van der Waals surface area contributed by atoms with Gasteiger partial charge in [-0.05, 0) is 89.4 Å². The maximum Gasteiger partial charge on any atom is 0.333 e. The number of unbranched alkanes of at least 4 members (excludes halogenated alkanes) is 1. The SMILES string of the molecule is CCCCc1ccc2c(c1)CCc1cc(-c3ccccc3)ccc1C2N(C)CCOc1ccc(CC(OC)C(=O)O)cc1. The largest absolute Gasteiger partial charge is 0.492 e. The zero-order valence-corrected chi connectivity index (χ0v) is 25.6. The van der Waals surface area contributed by atoms with E-state index in [-0.39, 0.29) is 6.04 Å². The summed E-state index contributed by atoms with van der Waals surface area (Å²) in [7, 11) is 3.62. The van der Waals surface area contributed by atoms with Gasteiger partial charge in [-0.3, -0.25) is 4.90 Å². The van der Waals surface area contributed by atoms with Crippen molar-refractivity contribution in [1.29, 1.82) is 0 Å². The van der Waals surface area contributed by atoms with Crippen molar-refractivity contribution >= 4 is 5.97 Å². The van der Waals surface area contributed by atoms with Crippen LogP contribution in [-0.4, -0.2) is 49.4 Å². The Bertz CT molecular complexity index is 1500. The first-order valence-corrected chi connectivity index (χ1v) is 15.4. The van der Waals surface area contributed by atoms with Crippen molar-refractivity contribution in [1.82, 2.24) is 4.90 Å². The number of carbonyl (C=O) groups is 1. The minimum Gasteiger partial charge on any atom is -0.492 e. The van der Waals surface area contributed by atoms with Gasteiger partial charge in [0.05, 0.1) is 6.04 Å². The first kappa shape index (κ1) is 30.5. The highest BCUT2D eigenvalue weighted by atomic mass is 16.5. The van der Waals surface area contributed by atoms with E-state index in [4.69, 9.17) is 9.47 Å². The van der Waals surface area contributed by atoms with Crippen molar-refractivity contribution in [2.24, 2.45) is 0 Å². The van der Waals surface area contributed by atoms with Crippen molar-refractivity contribution < 1.29 is 19.4 Å². The van der Waals surface area contributed by atoms with E-state index in [0.717, 1.165) is 37.1 Å². The number of hydrogen-bond acceptors (Lipinski definition) is 4. The zero-order chi connectivity index (χ0) is 30.2. The molecule has 5 rings (SSSR count). The predicted octanol–water partition coefficient (Wildman–Crippen LogP) is 7.54. The molecule has 43 heavy (non-hydrogen) atoms. The van der Waals surface area contributed by atoms with E-state index in [9.17, 15) is 9.90 Å². The van der Waals surface area contributed by atoms with Crippen LogP contribution in [0.1, 0.15) is 59.2 Å². The molecule has 5 heteroatoms. The van der Waals surface area contributed by atoms with Crippen LogP contribution in [0.2, 0.25) is 0 Å². The number of carboxylic acid groups (broad SMARTS) is 1. The third kappa shape index (κ3) is 7.54. The number of likely N-dealkylation sites (N-methyl/N-ethyl adjacent to an activating group) is 1. The van der Waals surface area contributed by atoms with Gasteiger partial charge < -0.3 is 14.6 Å². The summed E-state index contributed by atoms with van der Waals surface area (Å²) < 4.78 is 11.2. The molecule has 0 amide bonds. The molecular weight excluding hydrogens is 534 g/mol. The van der Waals surface area contributed by atoms with Crippen LogP contribution in [0.3, 0.4) is 0 Å². The lowest BCUT2D eigenvalue weighted by Crippen LogP contribution is -2.30. The number of aryl methyl sites for hydroxylation is 3. The molecule has 4 aromatic carbocycles. The molecule has 2 unspecified atom stereocenters. The van der Waals surface area contributed by atoms with Crippen LogP contribution in [0.15, 0.2) is 91.0 Å². The summed E-state index contributed by atoms with van der Waals surface area (Å²) in [5, 5.41) is 9.26. The molecule has 1 N–H and O–H groups in total. The third-order valence-electron chi connectivity index (χ3n) is 8.59. The predicted molar refractivity (Wildman–Crippen MR) is 173 cm³/mol. The fourth-order valence-electron chi connectivity index (χ4n) is 6.13. The van der Waals surface area contributed by atoms with E-state index in [1.807, 2.05) is 24.3 Å². The molecule has 0 saturated carbocycles. The van der Waals surface area contributed by atoms with Crippen LogP contribution in [0, 0.1) is 0 Å². The summed E-state index contributed by atoms with van der Waals surface area (Å²) in [6.45, 7) is 3.56. The van der Waals surface area contributed by atoms with E-state index in [0.29, 0.717) is 13.0 Å². The smallest absolute Gasteiger partial charge is 0.333 e. The Morgan fingerprint density at radius 3 is 2.23 bits per heavy atom. The molecule has 0 aromatic heterocycles. The Morgan fingerprint density at radius 2 is 1.56 bits per heavy atom. The summed E-state index contributed by atoms with van der Waals surface area (Å²) in [5.41, 5.74) is 10.5. The summed E-state index contributed by atoms with van der Waals surface area (Å²) in [6, 6.07) is 32.6. The summed E-state index contributed by atoms with van der Waals surface area (Å²) >= 11 is 0. The van der Waals surface area contributed by atoms with Crippen molar-refractivity contribution in [2.45, 2.75) is 57.6 Å². The van der Waals surface area contributed by atoms with Crippen molar-refractivity contribution in [3.8, 4) is 16.9 Å². The van der Waals surface area contributed by atoms with Crippen LogP contribution >= 0.6 is 0 Å². The molecule has 0 aliphatic heterocycles. The van der Waals surface area contributed by atoms with E-state index < -0.39 is 12.1 Å². The van der Waals surface area contributed by atoms with Gasteiger partial charge in [-0.15, -0.1) is 0 Å². The van der Waals surface area contributed by atoms with Gasteiger partial charge in [0.1, 0.15) is 12.4 Å². The van der Waals surface area contributed by atoms with Gasteiger partial charge in [0.15, 0.2) is 6.10 Å². The monoisotopic (exact) mass is 577 g/mol. The van der Waals surface area contributed by atoms with Crippen LogP contribution in [0.5, 0.6) is 5.75 Å². The van der Waals surface area contributed by atoms with Gasteiger partial charge >= 0.3 is 5.97 Å². The van der Waals surface area contributed by atoms with Crippen molar-refractivity contribution in [3.63, 3.8) is 0 Å². The number of nitrogens with zero attached hydrogens (tertiary/aromatic N) is 1. The Balaban J connectivity index is 1.35. The van der Waals surface area contributed by atoms with Gasteiger partial charge in [-0.2, -0.15) is 0 Å². The lowest BCUT2D eigenvalue weighted by molar-refractivity contribution is -0.148. The molecule has 0 spiro atoms. The van der Waals surface area contributed by atoms with E-state index in [2.05, 4.69) is 85.6 Å². The Kier molecular flexibility index (Phi) is 10.3. The lowest BCUT2D eigenvalue weighted by Gasteiger charge is -2.31. The first-order chi connectivity index (χ1) is 21.0. The number of benzene rings is 4. The average molecular weight is 578 g/mol. The number of carboxylic acids is 1. The molecule has 0 radical (unpaired) electrons. The minimum atomic E-state index is -0.957. The number of methoxy groups -OCH3 is 1. The van der Waals surface area contributed by atoms with Crippen LogP contribution in [-0.2, 0) is 35.2 Å². The normalized spacial score (nSPS) is 14.9. The summed E-state index contributed by atoms with van der Waals surface area (Å²) in [5.74, 6) is -0.183. The molecule has 5 nitrogen and oxygen atoms in total. The van der Waals surface area contributed by atoms with Crippen molar-refractivity contribution in [2.75, 3.05) is 27.3 Å². The van der Waals surface area contributed by atoms with E-state index in [1.54, 1.807) is 0 Å². The standard InChI is InChI=1S/C38H43NO4/c1-4-5-9-27-14-20-34-31(24-27)15-16-32-26-30(29-10-7-6-8-11-29)17-21-35(32)37(34)39(2)22-23-43-33-18-12-28(13-19-33)25-36(42-3)38(40)41/h6-8,10-14,17-21,24,26,36-37H,4-5,9,15-16,22-23,25H2,1-3H3,(H,40,41). The molecule has 0 saturated heterocycles. The zero-order valence-electron chi connectivity index (χ0n) is 25.6. The molecule has 4 aromatic rings. The summed E-state index contributed by atoms with van der Waals surface area (Å²) in [6.07, 6.45) is 5.09. The fraction of sp³-hybridized carbons (Fsp3) is 0.342. The fourth-order valence-corrected chi connectivity index (χ4v) is 6.13. The second-order valence-electron chi connectivity index (χ2n) is 11.6. The Morgan fingerprint density at radius 1 is 0.884 bits per heavy atom. The molecule has 0 heterocycles. The van der Waals surface area contributed by atoms with Gasteiger partial charge in [0, 0.05) is 20.1 Å². The molecule has 2 atom stereocenters. The second kappa shape index (κ2) is 14.5. The quantitative estimate of drug-likeness (QED) is 0.178. The number of hydrogen-bond donors (Lipinski definition) is 1.